The third-order valence-electron chi connectivity index (χ3n) is 3.14. The van der Waals surface area contributed by atoms with E-state index in [0.29, 0.717) is 0 Å². The van der Waals surface area contributed by atoms with Crippen molar-refractivity contribution in [2.75, 3.05) is 19.6 Å². The van der Waals surface area contributed by atoms with Crippen LogP contribution >= 0.6 is 24.0 Å². The highest BCUT2D eigenvalue weighted by atomic mass is 127. The van der Waals surface area contributed by atoms with E-state index in [4.69, 9.17) is 0 Å². The van der Waals surface area contributed by atoms with Crippen molar-refractivity contribution in [2.45, 2.75) is 46.1 Å². The Balaban J connectivity index is 0.00000441. The molecule has 0 fully saturated rings. The number of halogens is 1. The maximum atomic E-state index is 11.5. The number of aliphatic imine (C=N–C) groups is 1. The van der Waals surface area contributed by atoms with E-state index >= 15 is 0 Å². The molecule has 0 aliphatic heterocycles. The first-order valence-corrected chi connectivity index (χ1v) is 7.95. The Labute approximate surface area is 150 Å². The summed E-state index contributed by atoms with van der Waals surface area (Å²) in [6.07, 6.45) is 6.11. The van der Waals surface area contributed by atoms with Crippen molar-refractivity contribution < 1.29 is 0 Å². The number of aromatic nitrogens is 1. The SMILES string of the molecule is CCCCNC(=NCCCCn1ccccc1=O)NCC.I. The van der Waals surface area contributed by atoms with Crippen molar-refractivity contribution in [1.29, 1.82) is 0 Å². The lowest BCUT2D eigenvalue weighted by Crippen LogP contribution is -2.37. The summed E-state index contributed by atoms with van der Waals surface area (Å²) in [7, 11) is 0. The van der Waals surface area contributed by atoms with Crippen LogP contribution in [0.1, 0.15) is 39.5 Å². The molecule has 5 nitrogen and oxygen atoms in total. The topological polar surface area (TPSA) is 58.4 Å². The van der Waals surface area contributed by atoms with Crippen LogP contribution < -0.4 is 16.2 Å². The summed E-state index contributed by atoms with van der Waals surface area (Å²) in [5.41, 5.74) is 0.0653. The van der Waals surface area contributed by atoms with Gasteiger partial charge in [0.2, 0.25) is 5.56 Å². The zero-order valence-corrected chi connectivity index (χ0v) is 16.0. The highest BCUT2D eigenvalue weighted by Crippen LogP contribution is 1.94. The summed E-state index contributed by atoms with van der Waals surface area (Å²) in [6.45, 7) is 7.62. The van der Waals surface area contributed by atoms with Crippen molar-refractivity contribution in [3.8, 4) is 0 Å². The second-order valence-electron chi connectivity index (χ2n) is 4.98. The number of unbranched alkanes of at least 4 members (excludes halogenated alkanes) is 2. The first-order valence-electron chi connectivity index (χ1n) is 7.95. The van der Waals surface area contributed by atoms with Gasteiger partial charge >= 0.3 is 0 Å². The van der Waals surface area contributed by atoms with E-state index in [-0.39, 0.29) is 29.5 Å². The Morgan fingerprint density at radius 2 is 2.00 bits per heavy atom. The van der Waals surface area contributed by atoms with Crippen LogP contribution in [-0.4, -0.2) is 30.2 Å². The van der Waals surface area contributed by atoms with Gasteiger partial charge in [0.15, 0.2) is 5.96 Å². The molecule has 0 atom stereocenters. The molecule has 1 aromatic rings. The summed E-state index contributed by atoms with van der Waals surface area (Å²) >= 11 is 0. The average Bonchev–Trinajstić information content (AvgIpc) is 2.49. The van der Waals surface area contributed by atoms with Gasteiger partial charge in [-0.2, -0.15) is 0 Å². The first-order chi connectivity index (χ1) is 10.3. The molecule has 1 heterocycles. The van der Waals surface area contributed by atoms with Crippen molar-refractivity contribution in [3.05, 3.63) is 34.7 Å². The lowest BCUT2D eigenvalue weighted by Gasteiger charge is -2.10. The third-order valence-corrected chi connectivity index (χ3v) is 3.14. The van der Waals surface area contributed by atoms with E-state index in [0.717, 1.165) is 51.4 Å². The molecule has 0 radical (unpaired) electrons. The third kappa shape index (κ3) is 9.07. The van der Waals surface area contributed by atoms with E-state index in [1.54, 1.807) is 16.7 Å². The molecule has 0 aromatic carbocycles. The fourth-order valence-electron chi connectivity index (χ4n) is 1.96. The van der Waals surface area contributed by atoms with Crippen molar-refractivity contribution in [3.63, 3.8) is 0 Å². The smallest absolute Gasteiger partial charge is 0.250 e. The Bertz CT molecular complexity index is 473. The minimum Gasteiger partial charge on any atom is -0.357 e. The standard InChI is InChI=1S/C16H28N4O.HI/c1-3-5-11-18-16(17-4-2)19-12-7-9-14-20-13-8-6-10-15(20)21;/h6,8,10,13H,3-5,7,9,11-12,14H2,1-2H3,(H2,17,18,19);1H. The summed E-state index contributed by atoms with van der Waals surface area (Å²) in [4.78, 5) is 16.1. The normalized spacial score (nSPS) is 10.9. The molecule has 0 amide bonds. The monoisotopic (exact) mass is 420 g/mol. The largest absolute Gasteiger partial charge is 0.357 e. The van der Waals surface area contributed by atoms with Crippen LogP contribution in [0.5, 0.6) is 0 Å². The maximum Gasteiger partial charge on any atom is 0.250 e. The zero-order chi connectivity index (χ0) is 15.3. The average molecular weight is 420 g/mol. The number of rotatable bonds is 9. The molecular formula is C16H29IN4O. The Kier molecular flexibility index (Phi) is 13.0. The summed E-state index contributed by atoms with van der Waals surface area (Å²) in [6, 6.07) is 5.26. The van der Waals surface area contributed by atoms with Crippen LogP contribution in [0, 0.1) is 0 Å². The van der Waals surface area contributed by atoms with Crippen LogP contribution in [-0.2, 0) is 6.54 Å². The first kappa shape index (κ1) is 20.9. The van der Waals surface area contributed by atoms with Gasteiger partial charge in [0.1, 0.15) is 0 Å². The number of hydrogen-bond acceptors (Lipinski definition) is 2. The Morgan fingerprint density at radius 1 is 1.18 bits per heavy atom. The molecular weight excluding hydrogens is 391 g/mol. The molecule has 2 N–H and O–H groups in total. The van der Waals surface area contributed by atoms with Crippen LogP contribution in [0.15, 0.2) is 34.2 Å². The van der Waals surface area contributed by atoms with Crippen molar-refractivity contribution >= 4 is 29.9 Å². The number of nitrogens with one attached hydrogen (secondary N) is 2. The van der Waals surface area contributed by atoms with Gasteiger partial charge in [-0.15, -0.1) is 24.0 Å². The van der Waals surface area contributed by atoms with Crippen molar-refractivity contribution in [1.82, 2.24) is 15.2 Å². The Hall–Kier alpha value is -1.05. The van der Waals surface area contributed by atoms with E-state index in [1.165, 1.54) is 6.42 Å². The summed E-state index contributed by atoms with van der Waals surface area (Å²) in [5.74, 6) is 0.892. The van der Waals surface area contributed by atoms with Crippen molar-refractivity contribution in [2.24, 2.45) is 4.99 Å². The maximum absolute atomic E-state index is 11.5. The molecule has 0 spiro atoms. The molecule has 0 saturated heterocycles. The molecule has 0 aliphatic carbocycles. The highest BCUT2D eigenvalue weighted by Gasteiger charge is 1.97. The number of nitrogens with zero attached hydrogens (tertiary/aromatic N) is 2. The molecule has 1 aromatic heterocycles. The summed E-state index contributed by atoms with van der Waals surface area (Å²) in [5, 5.41) is 6.57. The van der Waals surface area contributed by atoms with Gasteiger partial charge in [-0.1, -0.05) is 19.4 Å². The minimum absolute atomic E-state index is 0. The lowest BCUT2D eigenvalue weighted by molar-refractivity contribution is 0.597. The molecule has 6 heteroatoms. The molecule has 22 heavy (non-hydrogen) atoms. The lowest BCUT2D eigenvalue weighted by atomic mass is 10.3. The van der Waals surface area contributed by atoms with E-state index < -0.39 is 0 Å². The van der Waals surface area contributed by atoms with Gasteiger partial charge in [0, 0.05) is 38.4 Å². The van der Waals surface area contributed by atoms with Gasteiger partial charge in [-0.05, 0) is 32.3 Å². The van der Waals surface area contributed by atoms with Crippen LogP contribution in [0.25, 0.3) is 0 Å². The molecule has 1 rings (SSSR count). The molecule has 126 valence electrons. The van der Waals surface area contributed by atoms with E-state index in [9.17, 15) is 4.79 Å². The predicted molar refractivity (Wildman–Crippen MR) is 104 cm³/mol. The Morgan fingerprint density at radius 3 is 2.68 bits per heavy atom. The van der Waals surface area contributed by atoms with Gasteiger partial charge in [0.05, 0.1) is 0 Å². The fourth-order valence-corrected chi connectivity index (χ4v) is 1.96. The molecule has 0 bridgehead atoms. The van der Waals surface area contributed by atoms with Gasteiger partial charge in [-0.25, -0.2) is 0 Å². The molecule has 0 unspecified atom stereocenters. The minimum atomic E-state index is 0. The number of hydrogen-bond donors (Lipinski definition) is 2. The molecule has 0 aliphatic rings. The summed E-state index contributed by atoms with van der Waals surface area (Å²) < 4.78 is 1.74. The van der Waals surface area contributed by atoms with Gasteiger partial charge in [0.25, 0.3) is 0 Å². The molecule has 0 saturated carbocycles. The van der Waals surface area contributed by atoms with E-state index in [1.807, 2.05) is 12.3 Å². The quantitative estimate of drug-likeness (QED) is 0.280. The second-order valence-corrected chi connectivity index (χ2v) is 4.98. The second kappa shape index (κ2) is 13.6. The van der Waals surface area contributed by atoms with Crippen LogP contribution in [0.3, 0.4) is 0 Å². The van der Waals surface area contributed by atoms with Crippen LogP contribution in [0.4, 0.5) is 0 Å². The van der Waals surface area contributed by atoms with Gasteiger partial charge in [-0.3, -0.25) is 9.79 Å². The highest BCUT2D eigenvalue weighted by molar-refractivity contribution is 14.0. The number of pyridine rings is 1. The van der Waals surface area contributed by atoms with Gasteiger partial charge < -0.3 is 15.2 Å². The zero-order valence-electron chi connectivity index (χ0n) is 13.7. The van der Waals surface area contributed by atoms with E-state index in [2.05, 4.69) is 29.5 Å². The fraction of sp³-hybridized carbons (Fsp3) is 0.625. The predicted octanol–water partition coefficient (Wildman–Crippen LogP) is 2.60. The van der Waals surface area contributed by atoms with Crippen LogP contribution in [0.2, 0.25) is 0 Å². The number of guanidine groups is 1. The number of aryl methyl sites for hydroxylation is 1.